The smallest absolute Gasteiger partial charge is 0.269 e. The number of hydrogen-bond acceptors (Lipinski definition) is 6. The van der Waals surface area contributed by atoms with Gasteiger partial charge in [-0.25, -0.2) is 12.7 Å². The largest absolute Gasteiger partial charge is 0.376 e. The van der Waals surface area contributed by atoms with Gasteiger partial charge in [-0.2, -0.15) is 0 Å². The SMILES string of the molecule is CCNCCNC(=O)c1ccc2c(c1)S(=O)(=O)N(CC1CCCO1)C2=O. The van der Waals surface area contributed by atoms with Gasteiger partial charge >= 0.3 is 0 Å². The number of benzene rings is 1. The van der Waals surface area contributed by atoms with Crippen LogP contribution in [-0.4, -0.2) is 63.4 Å². The third-order valence-electron chi connectivity index (χ3n) is 4.50. The summed E-state index contributed by atoms with van der Waals surface area (Å²) in [5.74, 6) is -0.930. The minimum atomic E-state index is -3.96. The Morgan fingerprint density at radius 1 is 1.35 bits per heavy atom. The van der Waals surface area contributed by atoms with Gasteiger partial charge < -0.3 is 15.4 Å². The normalized spacial score (nSPS) is 21.0. The summed E-state index contributed by atoms with van der Waals surface area (Å²) in [6.07, 6.45) is 1.32. The van der Waals surface area contributed by atoms with E-state index in [0.29, 0.717) is 19.7 Å². The van der Waals surface area contributed by atoms with Gasteiger partial charge in [0, 0.05) is 25.3 Å². The highest BCUT2D eigenvalue weighted by atomic mass is 32.2. The first-order chi connectivity index (χ1) is 12.4. The number of ether oxygens (including phenoxy) is 1. The van der Waals surface area contributed by atoms with Crippen LogP contribution in [0.2, 0.25) is 0 Å². The van der Waals surface area contributed by atoms with E-state index in [2.05, 4.69) is 10.6 Å². The van der Waals surface area contributed by atoms with Crippen LogP contribution in [0.3, 0.4) is 0 Å². The van der Waals surface area contributed by atoms with E-state index in [4.69, 9.17) is 4.74 Å². The fourth-order valence-corrected chi connectivity index (χ4v) is 4.74. The van der Waals surface area contributed by atoms with E-state index in [1.165, 1.54) is 18.2 Å². The number of carbonyl (C=O) groups is 2. The molecule has 1 aromatic rings. The Bertz CT molecular complexity index is 803. The summed E-state index contributed by atoms with van der Waals surface area (Å²) >= 11 is 0. The molecule has 1 fully saturated rings. The molecule has 0 radical (unpaired) electrons. The van der Waals surface area contributed by atoms with Crippen molar-refractivity contribution in [2.45, 2.75) is 30.8 Å². The summed E-state index contributed by atoms with van der Waals surface area (Å²) in [5.41, 5.74) is 0.322. The van der Waals surface area contributed by atoms with Gasteiger partial charge in [-0.15, -0.1) is 0 Å². The second-order valence-electron chi connectivity index (χ2n) is 6.30. The average molecular weight is 381 g/mol. The predicted octanol–water partition coefficient (Wildman–Crippen LogP) is 0.349. The van der Waals surface area contributed by atoms with Crippen molar-refractivity contribution in [2.24, 2.45) is 0 Å². The molecular weight excluding hydrogens is 358 g/mol. The molecule has 142 valence electrons. The average Bonchev–Trinajstić information content (AvgIpc) is 3.20. The number of amides is 2. The maximum Gasteiger partial charge on any atom is 0.269 e. The molecule has 0 spiro atoms. The lowest BCUT2D eigenvalue weighted by molar-refractivity contribution is 0.0707. The van der Waals surface area contributed by atoms with E-state index >= 15 is 0 Å². The maximum absolute atomic E-state index is 12.8. The Kier molecular flexibility index (Phi) is 5.59. The molecule has 1 aromatic carbocycles. The van der Waals surface area contributed by atoms with Crippen molar-refractivity contribution in [3.63, 3.8) is 0 Å². The summed E-state index contributed by atoms with van der Waals surface area (Å²) in [4.78, 5) is 24.6. The number of rotatable bonds is 7. The Morgan fingerprint density at radius 3 is 2.85 bits per heavy atom. The quantitative estimate of drug-likeness (QED) is 0.661. The molecule has 1 saturated heterocycles. The zero-order valence-corrected chi connectivity index (χ0v) is 15.5. The van der Waals surface area contributed by atoms with Crippen LogP contribution in [0.1, 0.15) is 40.5 Å². The van der Waals surface area contributed by atoms with Gasteiger partial charge in [0.25, 0.3) is 21.8 Å². The second-order valence-corrected chi connectivity index (χ2v) is 8.13. The third-order valence-corrected chi connectivity index (χ3v) is 6.29. The lowest BCUT2D eigenvalue weighted by Crippen LogP contribution is -2.36. The summed E-state index contributed by atoms with van der Waals surface area (Å²) in [6, 6.07) is 4.16. The van der Waals surface area contributed by atoms with Crippen LogP contribution in [-0.2, 0) is 14.8 Å². The molecule has 0 saturated carbocycles. The molecule has 2 aliphatic heterocycles. The molecule has 3 rings (SSSR count). The van der Waals surface area contributed by atoms with Crippen LogP contribution < -0.4 is 10.6 Å². The summed E-state index contributed by atoms with van der Waals surface area (Å²) in [5, 5.41) is 5.80. The van der Waals surface area contributed by atoms with E-state index in [-0.39, 0.29) is 34.6 Å². The Hall–Kier alpha value is -1.97. The van der Waals surface area contributed by atoms with Crippen LogP contribution in [0.5, 0.6) is 0 Å². The molecule has 8 nitrogen and oxygen atoms in total. The number of fused-ring (bicyclic) bond motifs is 1. The first kappa shape index (κ1) is 18.8. The van der Waals surface area contributed by atoms with Crippen molar-refractivity contribution in [3.8, 4) is 0 Å². The van der Waals surface area contributed by atoms with Gasteiger partial charge in [0.05, 0.1) is 18.2 Å². The first-order valence-corrected chi connectivity index (χ1v) is 10.2. The van der Waals surface area contributed by atoms with Crippen LogP contribution in [0.25, 0.3) is 0 Å². The Balaban J connectivity index is 1.77. The van der Waals surface area contributed by atoms with E-state index in [9.17, 15) is 18.0 Å². The summed E-state index contributed by atoms with van der Waals surface area (Å²) < 4.78 is 31.8. The zero-order valence-electron chi connectivity index (χ0n) is 14.7. The Labute approximate surface area is 152 Å². The van der Waals surface area contributed by atoms with Crippen LogP contribution in [0, 0.1) is 0 Å². The summed E-state index contributed by atoms with van der Waals surface area (Å²) in [7, 11) is -3.96. The molecule has 0 aliphatic carbocycles. The highest BCUT2D eigenvalue weighted by Gasteiger charge is 2.43. The van der Waals surface area contributed by atoms with Crippen molar-refractivity contribution in [2.75, 3.05) is 32.8 Å². The highest BCUT2D eigenvalue weighted by Crippen LogP contribution is 2.32. The van der Waals surface area contributed by atoms with Crippen LogP contribution in [0.4, 0.5) is 0 Å². The molecule has 0 aromatic heterocycles. The molecule has 2 heterocycles. The molecule has 26 heavy (non-hydrogen) atoms. The minimum Gasteiger partial charge on any atom is -0.376 e. The van der Waals surface area contributed by atoms with Gasteiger partial charge in [-0.05, 0) is 37.6 Å². The second kappa shape index (κ2) is 7.73. The van der Waals surface area contributed by atoms with E-state index in [1.807, 2.05) is 6.92 Å². The van der Waals surface area contributed by atoms with Crippen LogP contribution >= 0.6 is 0 Å². The molecule has 2 amide bonds. The molecule has 9 heteroatoms. The topological polar surface area (TPSA) is 105 Å². The van der Waals surface area contributed by atoms with E-state index in [1.54, 1.807) is 0 Å². The van der Waals surface area contributed by atoms with Crippen molar-refractivity contribution in [1.82, 2.24) is 14.9 Å². The third kappa shape index (κ3) is 3.60. The highest BCUT2D eigenvalue weighted by molar-refractivity contribution is 7.90. The molecule has 2 N–H and O–H groups in total. The number of carbonyl (C=O) groups excluding carboxylic acids is 2. The molecule has 1 unspecified atom stereocenters. The number of likely N-dealkylation sites (N-methyl/N-ethyl adjacent to an activating group) is 1. The fraction of sp³-hybridized carbons (Fsp3) is 0.529. The standard InChI is InChI=1S/C17H23N3O5S/c1-2-18-7-8-19-16(21)12-5-6-14-15(10-12)26(23,24)20(17(14)22)11-13-4-3-9-25-13/h5-6,10,13,18H,2-4,7-9,11H2,1H3,(H,19,21). The van der Waals surface area contributed by atoms with Crippen LogP contribution in [0.15, 0.2) is 23.1 Å². The monoisotopic (exact) mass is 381 g/mol. The van der Waals surface area contributed by atoms with E-state index in [0.717, 1.165) is 23.7 Å². The lowest BCUT2D eigenvalue weighted by Gasteiger charge is -2.18. The number of nitrogens with one attached hydrogen (secondary N) is 2. The fourth-order valence-electron chi connectivity index (χ4n) is 3.11. The number of hydrogen-bond donors (Lipinski definition) is 2. The van der Waals surface area contributed by atoms with E-state index < -0.39 is 15.9 Å². The Morgan fingerprint density at radius 2 is 2.15 bits per heavy atom. The van der Waals surface area contributed by atoms with Gasteiger partial charge in [-0.3, -0.25) is 9.59 Å². The molecule has 0 bridgehead atoms. The van der Waals surface area contributed by atoms with Gasteiger partial charge in [0.15, 0.2) is 0 Å². The lowest BCUT2D eigenvalue weighted by atomic mass is 10.1. The van der Waals surface area contributed by atoms with Gasteiger partial charge in [0.2, 0.25) is 0 Å². The molecule has 2 aliphatic rings. The minimum absolute atomic E-state index is 0.0140. The summed E-state index contributed by atoms with van der Waals surface area (Å²) in [6.45, 7) is 4.42. The number of nitrogens with zero attached hydrogens (tertiary/aromatic N) is 1. The van der Waals surface area contributed by atoms with Crippen molar-refractivity contribution < 1.29 is 22.7 Å². The van der Waals surface area contributed by atoms with Crippen molar-refractivity contribution in [3.05, 3.63) is 29.3 Å². The maximum atomic E-state index is 12.8. The van der Waals surface area contributed by atoms with Crippen molar-refractivity contribution in [1.29, 1.82) is 0 Å². The van der Waals surface area contributed by atoms with Crippen molar-refractivity contribution >= 4 is 21.8 Å². The van der Waals surface area contributed by atoms with Gasteiger partial charge in [-0.1, -0.05) is 6.92 Å². The first-order valence-electron chi connectivity index (χ1n) is 8.76. The molecule has 1 atom stereocenters. The molecular formula is C17H23N3O5S. The number of sulfonamides is 1. The zero-order chi connectivity index (χ0) is 18.7. The van der Waals surface area contributed by atoms with Gasteiger partial charge in [0.1, 0.15) is 4.90 Å². The predicted molar refractivity (Wildman–Crippen MR) is 94.5 cm³/mol.